The molecule has 5 atom stereocenters. The lowest BCUT2D eigenvalue weighted by Gasteiger charge is -2.39. The zero-order valence-corrected chi connectivity index (χ0v) is 14.4. The fourth-order valence-electron chi connectivity index (χ4n) is 2.68. The van der Waals surface area contributed by atoms with Gasteiger partial charge in [0.05, 0.1) is 6.10 Å². The van der Waals surface area contributed by atoms with Gasteiger partial charge in [-0.3, -0.25) is 4.79 Å². The van der Waals surface area contributed by atoms with Crippen LogP contribution in [0.1, 0.15) is 17.4 Å². The zero-order chi connectivity index (χ0) is 18.0. The number of rotatable bonds is 4. The molecule has 2 heterocycles. The van der Waals surface area contributed by atoms with Crippen LogP contribution in [0.25, 0.3) is 10.6 Å². The predicted octanol–water partition coefficient (Wildman–Crippen LogP) is 0.410. The molecular weight excluding hydrogens is 344 g/mol. The molecule has 0 spiro atoms. The molecule has 134 valence electrons. The molecule has 5 unspecified atom stereocenters. The van der Waals surface area contributed by atoms with E-state index in [-0.39, 0.29) is 18.1 Å². The highest BCUT2D eigenvalue weighted by Crippen LogP contribution is 2.23. The summed E-state index contributed by atoms with van der Waals surface area (Å²) >= 11 is 1.37. The van der Waals surface area contributed by atoms with E-state index < -0.39 is 30.5 Å². The van der Waals surface area contributed by atoms with Gasteiger partial charge >= 0.3 is 0 Å². The molecule has 25 heavy (non-hydrogen) atoms. The van der Waals surface area contributed by atoms with Gasteiger partial charge in [0, 0.05) is 17.5 Å². The molecular formula is C17H20N2O5S. The Morgan fingerprint density at radius 1 is 1.20 bits per heavy atom. The summed E-state index contributed by atoms with van der Waals surface area (Å²) in [6, 6.07) is 9.55. The van der Waals surface area contributed by atoms with Crippen LogP contribution in [0.4, 0.5) is 0 Å². The minimum absolute atomic E-state index is 0.00627. The van der Waals surface area contributed by atoms with E-state index in [0.29, 0.717) is 0 Å². The largest absolute Gasteiger partial charge is 0.388 e. The maximum Gasteiger partial charge on any atom is 0.270 e. The molecule has 4 N–H and O–H groups in total. The summed E-state index contributed by atoms with van der Waals surface area (Å²) < 4.78 is 5.45. The highest BCUT2D eigenvalue weighted by molar-refractivity contribution is 7.13. The van der Waals surface area contributed by atoms with Crippen LogP contribution in [-0.2, 0) is 4.74 Å². The van der Waals surface area contributed by atoms with Gasteiger partial charge in [0.15, 0.2) is 0 Å². The second kappa shape index (κ2) is 7.59. The summed E-state index contributed by atoms with van der Waals surface area (Å²) in [5.41, 5.74) is 1.21. The van der Waals surface area contributed by atoms with Crippen molar-refractivity contribution in [2.24, 2.45) is 0 Å². The standard InChI is InChI=1S/C17H20N2O5S/c1-9-13(20)15(22)14(21)12(24-9)7-18-16(23)11-8-25-17(19-11)10-5-3-2-4-6-10/h2-6,8-9,12-15,20-22H,7H2,1H3,(H,18,23). The smallest absolute Gasteiger partial charge is 0.270 e. The van der Waals surface area contributed by atoms with E-state index in [0.717, 1.165) is 10.6 Å². The third kappa shape index (κ3) is 3.88. The molecule has 1 fully saturated rings. The van der Waals surface area contributed by atoms with Gasteiger partial charge in [-0.15, -0.1) is 11.3 Å². The first-order chi connectivity index (χ1) is 12.0. The fraction of sp³-hybridized carbons (Fsp3) is 0.412. The predicted molar refractivity (Wildman–Crippen MR) is 92.2 cm³/mol. The lowest BCUT2D eigenvalue weighted by atomic mass is 9.95. The second-order valence-electron chi connectivity index (χ2n) is 5.97. The van der Waals surface area contributed by atoms with Crippen molar-refractivity contribution in [3.8, 4) is 10.6 Å². The molecule has 7 nitrogen and oxygen atoms in total. The molecule has 0 saturated carbocycles. The minimum atomic E-state index is -1.31. The number of aliphatic hydroxyl groups excluding tert-OH is 3. The van der Waals surface area contributed by atoms with Crippen molar-refractivity contribution >= 4 is 17.2 Å². The van der Waals surface area contributed by atoms with E-state index >= 15 is 0 Å². The van der Waals surface area contributed by atoms with Gasteiger partial charge in [0.2, 0.25) is 0 Å². The SMILES string of the molecule is CC1OC(CNC(=O)c2csc(-c3ccccc3)n2)C(O)C(O)C1O. The average molecular weight is 364 g/mol. The Bertz CT molecular complexity index is 723. The van der Waals surface area contributed by atoms with Crippen molar-refractivity contribution in [1.82, 2.24) is 10.3 Å². The van der Waals surface area contributed by atoms with Gasteiger partial charge in [-0.05, 0) is 6.92 Å². The average Bonchev–Trinajstić information content (AvgIpc) is 3.12. The third-order valence-electron chi connectivity index (χ3n) is 4.17. The highest BCUT2D eigenvalue weighted by Gasteiger charge is 2.41. The monoisotopic (exact) mass is 364 g/mol. The first-order valence-electron chi connectivity index (χ1n) is 7.96. The number of amides is 1. The number of hydrogen-bond acceptors (Lipinski definition) is 7. The highest BCUT2D eigenvalue weighted by atomic mass is 32.1. The van der Waals surface area contributed by atoms with Crippen molar-refractivity contribution in [2.75, 3.05) is 6.54 Å². The molecule has 3 rings (SSSR count). The third-order valence-corrected chi connectivity index (χ3v) is 5.06. The molecule has 0 bridgehead atoms. The minimum Gasteiger partial charge on any atom is -0.388 e. The van der Waals surface area contributed by atoms with Crippen LogP contribution in [-0.4, -0.2) is 63.3 Å². The molecule has 8 heteroatoms. The number of aliphatic hydroxyl groups is 3. The Labute approximate surface area is 148 Å². The van der Waals surface area contributed by atoms with Crippen LogP contribution >= 0.6 is 11.3 Å². The molecule has 1 aliphatic rings. The number of aromatic nitrogens is 1. The second-order valence-corrected chi connectivity index (χ2v) is 6.82. The summed E-state index contributed by atoms with van der Waals surface area (Å²) in [6.07, 6.45) is -5.18. The van der Waals surface area contributed by atoms with Gasteiger partial charge in [-0.25, -0.2) is 4.98 Å². The van der Waals surface area contributed by atoms with Gasteiger partial charge in [-0.1, -0.05) is 30.3 Å². The summed E-state index contributed by atoms with van der Waals surface area (Å²) in [5, 5.41) is 34.5. The topological polar surface area (TPSA) is 112 Å². The number of nitrogens with zero attached hydrogens (tertiary/aromatic N) is 1. The number of thiazole rings is 1. The number of hydrogen-bond donors (Lipinski definition) is 4. The Hall–Kier alpha value is -1.84. The Kier molecular flexibility index (Phi) is 5.45. The Morgan fingerprint density at radius 3 is 2.64 bits per heavy atom. The Morgan fingerprint density at radius 2 is 1.92 bits per heavy atom. The Balaban J connectivity index is 1.61. The van der Waals surface area contributed by atoms with E-state index in [1.54, 1.807) is 12.3 Å². The van der Waals surface area contributed by atoms with Crippen LogP contribution in [0.3, 0.4) is 0 Å². The summed E-state index contributed by atoms with van der Waals surface area (Å²) in [5.74, 6) is -0.387. The lowest BCUT2D eigenvalue weighted by Crippen LogP contribution is -2.59. The zero-order valence-electron chi connectivity index (χ0n) is 13.6. The summed E-state index contributed by atoms with van der Waals surface area (Å²) in [6.45, 7) is 1.60. The number of nitrogens with one attached hydrogen (secondary N) is 1. The quantitative estimate of drug-likeness (QED) is 0.625. The molecule has 2 aromatic rings. The van der Waals surface area contributed by atoms with E-state index in [4.69, 9.17) is 4.74 Å². The van der Waals surface area contributed by atoms with Gasteiger partial charge in [-0.2, -0.15) is 0 Å². The number of benzene rings is 1. The maximum absolute atomic E-state index is 12.3. The first kappa shape index (κ1) is 18.0. The number of carbonyl (C=O) groups excluding carboxylic acids is 1. The first-order valence-corrected chi connectivity index (χ1v) is 8.84. The van der Waals surface area contributed by atoms with E-state index in [2.05, 4.69) is 10.3 Å². The van der Waals surface area contributed by atoms with Crippen LogP contribution in [0.15, 0.2) is 35.7 Å². The normalized spacial score (nSPS) is 29.4. The van der Waals surface area contributed by atoms with Gasteiger partial charge < -0.3 is 25.4 Å². The van der Waals surface area contributed by atoms with Crippen molar-refractivity contribution in [1.29, 1.82) is 0 Å². The lowest BCUT2D eigenvalue weighted by molar-refractivity contribution is -0.214. The van der Waals surface area contributed by atoms with E-state index in [1.807, 2.05) is 30.3 Å². The van der Waals surface area contributed by atoms with E-state index in [9.17, 15) is 20.1 Å². The van der Waals surface area contributed by atoms with Crippen LogP contribution in [0.2, 0.25) is 0 Å². The molecule has 1 aliphatic heterocycles. The van der Waals surface area contributed by atoms with Crippen molar-refractivity contribution < 1.29 is 24.9 Å². The summed E-state index contributed by atoms with van der Waals surface area (Å²) in [4.78, 5) is 16.6. The molecule has 1 amide bonds. The van der Waals surface area contributed by atoms with Crippen LogP contribution in [0, 0.1) is 0 Å². The molecule has 1 aromatic heterocycles. The van der Waals surface area contributed by atoms with Gasteiger partial charge in [0.25, 0.3) is 5.91 Å². The molecule has 1 saturated heterocycles. The summed E-state index contributed by atoms with van der Waals surface area (Å²) in [7, 11) is 0. The molecule has 0 radical (unpaired) electrons. The molecule has 0 aliphatic carbocycles. The molecule has 1 aromatic carbocycles. The van der Waals surface area contributed by atoms with Gasteiger partial charge in [0.1, 0.15) is 35.1 Å². The fourth-order valence-corrected chi connectivity index (χ4v) is 3.49. The van der Waals surface area contributed by atoms with Crippen molar-refractivity contribution in [2.45, 2.75) is 37.4 Å². The van der Waals surface area contributed by atoms with E-state index in [1.165, 1.54) is 11.3 Å². The van der Waals surface area contributed by atoms with Crippen molar-refractivity contribution in [3.05, 3.63) is 41.4 Å². The number of ether oxygens (including phenoxy) is 1. The maximum atomic E-state index is 12.3. The van der Waals surface area contributed by atoms with Crippen molar-refractivity contribution in [3.63, 3.8) is 0 Å². The van der Waals surface area contributed by atoms with Crippen LogP contribution < -0.4 is 5.32 Å². The van der Waals surface area contributed by atoms with Crippen LogP contribution in [0.5, 0.6) is 0 Å². The number of carbonyl (C=O) groups is 1.